The molecule has 2 saturated carbocycles. The molecule has 4 atom stereocenters. The number of hydrogen-bond acceptors (Lipinski definition) is 2. The summed E-state index contributed by atoms with van der Waals surface area (Å²) in [7, 11) is 0. The Labute approximate surface area is 134 Å². The summed E-state index contributed by atoms with van der Waals surface area (Å²) in [5, 5.41) is 13.0. The Morgan fingerprint density at radius 3 is 2.64 bits per heavy atom. The monoisotopic (exact) mass is 321 g/mol. The van der Waals surface area contributed by atoms with Gasteiger partial charge in [-0.05, 0) is 55.2 Å². The molecule has 2 bridgehead atoms. The Bertz CT molecular complexity index is 589. The SMILES string of the molecule is O=C(O)[C@H]1[C@H]2CC[C@@H](C2)[C@@H]1C(=O)NCCc1cccc(Cl)c1. The summed E-state index contributed by atoms with van der Waals surface area (Å²) in [5.41, 5.74) is 1.07. The Hall–Kier alpha value is -1.55. The van der Waals surface area contributed by atoms with Crippen molar-refractivity contribution in [2.45, 2.75) is 25.7 Å². The number of nitrogens with one attached hydrogen (secondary N) is 1. The minimum absolute atomic E-state index is 0.0957. The largest absolute Gasteiger partial charge is 0.481 e. The van der Waals surface area contributed by atoms with Crippen molar-refractivity contribution in [3.05, 3.63) is 34.9 Å². The standard InChI is InChI=1S/C17H20ClNO3/c18-13-3-1-2-10(8-13)6-7-19-16(20)14-11-4-5-12(9-11)15(14)17(21)22/h1-3,8,11-12,14-15H,4-7,9H2,(H,19,20)(H,21,22)/t11-,12-,14-,15-/m0/s1. The lowest BCUT2D eigenvalue weighted by molar-refractivity contribution is -0.149. The molecule has 2 N–H and O–H groups in total. The topological polar surface area (TPSA) is 66.4 Å². The van der Waals surface area contributed by atoms with E-state index in [0.717, 1.165) is 24.8 Å². The first-order valence-electron chi connectivity index (χ1n) is 7.81. The first kappa shape index (κ1) is 15.3. The predicted molar refractivity (Wildman–Crippen MR) is 83.6 cm³/mol. The molecule has 3 rings (SSSR count). The van der Waals surface area contributed by atoms with Gasteiger partial charge in [-0.1, -0.05) is 23.7 Å². The highest BCUT2D eigenvalue weighted by molar-refractivity contribution is 6.30. The summed E-state index contributed by atoms with van der Waals surface area (Å²) in [6.45, 7) is 0.513. The Kier molecular flexibility index (Phi) is 4.39. The van der Waals surface area contributed by atoms with Gasteiger partial charge in [0.25, 0.3) is 0 Å². The summed E-state index contributed by atoms with van der Waals surface area (Å²) >= 11 is 5.93. The van der Waals surface area contributed by atoms with Gasteiger partial charge in [-0.2, -0.15) is 0 Å². The lowest BCUT2D eigenvalue weighted by atomic mass is 9.78. The van der Waals surface area contributed by atoms with Crippen LogP contribution in [0.25, 0.3) is 0 Å². The number of carboxylic acids is 1. The molecule has 2 aliphatic rings. The van der Waals surface area contributed by atoms with Crippen LogP contribution in [-0.4, -0.2) is 23.5 Å². The van der Waals surface area contributed by atoms with Gasteiger partial charge < -0.3 is 10.4 Å². The molecule has 0 radical (unpaired) electrons. The Balaban J connectivity index is 1.56. The fraction of sp³-hybridized carbons (Fsp3) is 0.529. The summed E-state index contributed by atoms with van der Waals surface area (Å²) in [6.07, 6.45) is 3.53. The minimum atomic E-state index is -0.817. The molecule has 0 aromatic heterocycles. The van der Waals surface area contributed by atoms with Crippen molar-refractivity contribution in [3.8, 4) is 0 Å². The molecular weight excluding hydrogens is 302 g/mol. The van der Waals surface area contributed by atoms with Crippen LogP contribution in [0.3, 0.4) is 0 Å². The molecule has 5 heteroatoms. The third-order valence-electron chi connectivity index (χ3n) is 5.11. The van der Waals surface area contributed by atoms with Crippen molar-refractivity contribution in [2.75, 3.05) is 6.54 Å². The molecule has 0 aliphatic heterocycles. The molecule has 0 unspecified atom stereocenters. The van der Waals surface area contributed by atoms with E-state index < -0.39 is 11.9 Å². The second-order valence-corrected chi connectivity index (χ2v) is 6.83. The van der Waals surface area contributed by atoms with E-state index in [-0.39, 0.29) is 23.7 Å². The van der Waals surface area contributed by atoms with Crippen LogP contribution in [0.1, 0.15) is 24.8 Å². The lowest BCUT2D eigenvalue weighted by Crippen LogP contribution is -2.41. The zero-order valence-corrected chi connectivity index (χ0v) is 13.1. The van der Waals surface area contributed by atoms with Crippen LogP contribution in [0, 0.1) is 23.7 Å². The molecule has 1 aromatic carbocycles. The number of carbonyl (C=O) groups is 2. The fourth-order valence-electron chi connectivity index (χ4n) is 4.16. The maximum Gasteiger partial charge on any atom is 0.307 e. The van der Waals surface area contributed by atoms with Gasteiger partial charge in [0.05, 0.1) is 11.8 Å². The summed E-state index contributed by atoms with van der Waals surface area (Å²) in [5.74, 6) is -1.33. The van der Waals surface area contributed by atoms with Gasteiger partial charge in [-0.3, -0.25) is 9.59 Å². The van der Waals surface area contributed by atoms with Crippen molar-refractivity contribution in [1.29, 1.82) is 0 Å². The normalized spacial score (nSPS) is 29.5. The van der Waals surface area contributed by atoms with E-state index in [9.17, 15) is 14.7 Å². The molecule has 22 heavy (non-hydrogen) atoms. The van der Waals surface area contributed by atoms with Crippen molar-refractivity contribution in [1.82, 2.24) is 5.32 Å². The number of hydrogen-bond donors (Lipinski definition) is 2. The molecule has 2 aliphatic carbocycles. The van der Waals surface area contributed by atoms with E-state index >= 15 is 0 Å². The van der Waals surface area contributed by atoms with E-state index in [1.54, 1.807) is 0 Å². The Morgan fingerprint density at radius 2 is 1.95 bits per heavy atom. The van der Waals surface area contributed by atoms with Crippen LogP contribution in [0.2, 0.25) is 5.02 Å². The second kappa shape index (κ2) is 6.29. The zero-order valence-electron chi connectivity index (χ0n) is 12.3. The van der Waals surface area contributed by atoms with Gasteiger partial charge in [0.2, 0.25) is 5.91 Å². The number of carboxylic acid groups (broad SMARTS) is 1. The van der Waals surface area contributed by atoms with E-state index in [0.29, 0.717) is 18.0 Å². The highest BCUT2D eigenvalue weighted by Crippen LogP contribution is 2.52. The van der Waals surface area contributed by atoms with Gasteiger partial charge >= 0.3 is 5.97 Å². The molecule has 1 amide bonds. The van der Waals surface area contributed by atoms with E-state index in [4.69, 9.17) is 11.6 Å². The first-order chi connectivity index (χ1) is 10.6. The maximum atomic E-state index is 12.4. The summed E-state index contributed by atoms with van der Waals surface area (Å²) in [6, 6.07) is 7.55. The van der Waals surface area contributed by atoms with Crippen LogP contribution in [-0.2, 0) is 16.0 Å². The van der Waals surface area contributed by atoms with Gasteiger partial charge in [0.15, 0.2) is 0 Å². The average molecular weight is 322 g/mol. The number of amides is 1. The van der Waals surface area contributed by atoms with Crippen molar-refractivity contribution < 1.29 is 14.7 Å². The van der Waals surface area contributed by atoms with E-state index in [1.165, 1.54) is 0 Å². The highest BCUT2D eigenvalue weighted by atomic mass is 35.5. The average Bonchev–Trinajstić information content (AvgIpc) is 3.07. The molecule has 0 spiro atoms. The predicted octanol–water partition coefficient (Wildman–Crippen LogP) is 2.75. The first-order valence-corrected chi connectivity index (χ1v) is 8.19. The zero-order chi connectivity index (χ0) is 15.7. The minimum Gasteiger partial charge on any atom is -0.481 e. The number of benzene rings is 1. The molecule has 0 heterocycles. The lowest BCUT2D eigenvalue weighted by Gasteiger charge is -2.27. The van der Waals surface area contributed by atoms with Gasteiger partial charge in [0.1, 0.15) is 0 Å². The van der Waals surface area contributed by atoms with E-state index in [2.05, 4.69) is 5.32 Å². The number of aliphatic carboxylic acids is 1. The van der Waals surface area contributed by atoms with Gasteiger partial charge in [0, 0.05) is 11.6 Å². The van der Waals surface area contributed by atoms with Crippen LogP contribution >= 0.6 is 11.6 Å². The van der Waals surface area contributed by atoms with Crippen LogP contribution in [0.5, 0.6) is 0 Å². The van der Waals surface area contributed by atoms with Crippen molar-refractivity contribution in [3.63, 3.8) is 0 Å². The molecular formula is C17H20ClNO3. The highest BCUT2D eigenvalue weighted by Gasteiger charge is 2.53. The molecule has 2 fully saturated rings. The van der Waals surface area contributed by atoms with Crippen LogP contribution in [0.4, 0.5) is 0 Å². The smallest absolute Gasteiger partial charge is 0.307 e. The second-order valence-electron chi connectivity index (χ2n) is 6.39. The number of rotatable bonds is 5. The summed E-state index contributed by atoms with van der Waals surface area (Å²) < 4.78 is 0. The molecule has 1 aromatic rings. The molecule has 118 valence electrons. The number of carbonyl (C=O) groups excluding carboxylic acids is 1. The Morgan fingerprint density at radius 1 is 1.23 bits per heavy atom. The third-order valence-corrected chi connectivity index (χ3v) is 5.34. The fourth-order valence-corrected chi connectivity index (χ4v) is 4.38. The van der Waals surface area contributed by atoms with Crippen LogP contribution in [0.15, 0.2) is 24.3 Å². The van der Waals surface area contributed by atoms with Gasteiger partial charge in [-0.15, -0.1) is 0 Å². The van der Waals surface area contributed by atoms with Gasteiger partial charge in [-0.25, -0.2) is 0 Å². The molecule has 0 saturated heterocycles. The van der Waals surface area contributed by atoms with Crippen LogP contribution < -0.4 is 5.32 Å². The molecule has 4 nitrogen and oxygen atoms in total. The van der Waals surface area contributed by atoms with E-state index in [1.807, 2.05) is 24.3 Å². The summed E-state index contributed by atoms with van der Waals surface area (Å²) in [4.78, 5) is 23.9. The maximum absolute atomic E-state index is 12.4. The van der Waals surface area contributed by atoms with Crippen molar-refractivity contribution in [2.24, 2.45) is 23.7 Å². The quantitative estimate of drug-likeness (QED) is 0.876. The van der Waals surface area contributed by atoms with Crippen molar-refractivity contribution >= 4 is 23.5 Å². The number of fused-ring (bicyclic) bond motifs is 2. The third kappa shape index (κ3) is 2.98. The number of halogens is 1.